The molecule has 1 aliphatic carbocycles. The molecule has 4 nitrogen and oxygen atoms in total. The molecule has 1 amide bonds. The fraction of sp³-hybridized carbons (Fsp3) is 0.800. The molecule has 0 aromatic heterocycles. The van der Waals surface area contributed by atoms with Crippen LogP contribution in [0.25, 0.3) is 0 Å². The van der Waals surface area contributed by atoms with Crippen LogP contribution in [-0.2, 0) is 4.74 Å². The van der Waals surface area contributed by atoms with Crippen LogP contribution in [0, 0.1) is 0 Å². The summed E-state index contributed by atoms with van der Waals surface area (Å²) < 4.78 is 5.47. The lowest BCUT2D eigenvalue weighted by molar-refractivity contribution is 0.0225. The van der Waals surface area contributed by atoms with E-state index in [1.54, 1.807) is 0 Å². The van der Waals surface area contributed by atoms with Crippen molar-refractivity contribution in [2.45, 2.75) is 64.1 Å². The molecule has 0 radical (unpaired) electrons. The van der Waals surface area contributed by atoms with E-state index in [9.17, 15) is 4.79 Å². The van der Waals surface area contributed by atoms with E-state index in [0.717, 1.165) is 38.8 Å². The van der Waals surface area contributed by atoms with Gasteiger partial charge in [-0.15, -0.1) is 0 Å². The number of amides is 1. The molecular weight excluding hydrogens is 240 g/mol. The minimum Gasteiger partial charge on any atom is -0.444 e. The Bertz CT molecular complexity index is 339. The third kappa shape index (κ3) is 4.23. The quantitative estimate of drug-likeness (QED) is 0.799. The molecule has 0 aromatic rings. The molecule has 1 unspecified atom stereocenters. The van der Waals surface area contributed by atoms with Crippen molar-refractivity contribution in [1.82, 2.24) is 10.2 Å². The van der Waals surface area contributed by atoms with Crippen LogP contribution in [-0.4, -0.2) is 41.8 Å². The Hall–Kier alpha value is -1.03. The third-order valence-corrected chi connectivity index (χ3v) is 3.66. The number of ether oxygens (including phenoxy) is 1. The molecule has 1 atom stereocenters. The van der Waals surface area contributed by atoms with Crippen LogP contribution in [0.15, 0.2) is 12.2 Å². The van der Waals surface area contributed by atoms with Crippen LogP contribution in [0.4, 0.5) is 4.79 Å². The van der Waals surface area contributed by atoms with E-state index in [2.05, 4.69) is 17.5 Å². The van der Waals surface area contributed by atoms with Crippen LogP contribution < -0.4 is 5.32 Å². The Morgan fingerprint density at radius 2 is 2.05 bits per heavy atom. The zero-order valence-electron chi connectivity index (χ0n) is 12.3. The normalized spacial score (nSPS) is 24.2. The Morgan fingerprint density at radius 3 is 2.68 bits per heavy atom. The van der Waals surface area contributed by atoms with Crippen molar-refractivity contribution in [3.8, 4) is 0 Å². The second-order valence-electron chi connectivity index (χ2n) is 6.52. The topological polar surface area (TPSA) is 41.6 Å². The van der Waals surface area contributed by atoms with Crippen molar-refractivity contribution < 1.29 is 9.53 Å². The molecule has 0 aromatic carbocycles. The number of nitrogens with one attached hydrogen (secondary N) is 1. The zero-order chi connectivity index (χ0) is 13.9. The third-order valence-electron chi connectivity index (χ3n) is 3.66. The molecule has 0 bridgehead atoms. The van der Waals surface area contributed by atoms with Crippen molar-refractivity contribution in [3.05, 3.63) is 12.2 Å². The maximum absolute atomic E-state index is 12.1. The van der Waals surface area contributed by atoms with E-state index >= 15 is 0 Å². The maximum Gasteiger partial charge on any atom is 0.410 e. The Morgan fingerprint density at radius 1 is 1.37 bits per heavy atom. The minimum atomic E-state index is -0.410. The highest BCUT2D eigenvalue weighted by molar-refractivity contribution is 5.69. The number of hydrogen-bond donors (Lipinski definition) is 1. The summed E-state index contributed by atoms with van der Waals surface area (Å²) in [6.45, 7) is 7.45. The van der Waals surface area contributed by atoms with Crippen molar-refractivity contribution in [2.75, 3.05) is 13.1 Å². The van der Waals surface area contributed by atoms with Gasteiger partial charge >= 0.3 is 6.09 Å². The molecule has 4 heteroatoms. The van der Waals surface area contributed by atoms with E-state index in [1.807, 2.05) is 25.7 Å². The van der Waals surface area contributed by atoms with Gasteiger partial charge in [0.25, 0.3) is 0 Å². The van der Waals surface area contributed by atoms with E-state index in [0.29, 0.717) is 6.04 Å². The standard InChI is InChI=1S/C15H26N2O2/c1-15(2,3)19-14(18)17-10-6-9-13(17)11-16-12-7-4-5-8-12/h4-5,12-13,16H,6-11H2,1-3H3. The second-order valence-corrected chi connectivity index (χ2v) is 6.52. The summed E-state index contributed by atoms with van der Waals surface area (Å²) >= 11 is 0. The summed E-state index contributed by atoms with van der Waals surface area (Å²) in [5.41, 5.74) is -0.410. The molecule has 1 heterocycles. The summed E-state index contributed by atoms with van der Waals surface area (Å²) in [5, 5.41) is 3.56. The molecular formula is C15H26N2O2. The van der Waals surface area contributed by atoms with Crippen LogP contribution in [0.5, 0.6) is 0 Å². The van der Waals surface area contributed by atoms with Gasteiger partial charge in [-0.25, -0.2) is 4.79 Å². The van der Waals surface area contributed by atoms with Gasteiger partial charge in [0.1, 0.15) is 5.60 Å². The van der Waals surface area contributed by atoms with Crippen molar-refractivity contribution in [2.24, 2.45) is 0 Å². The first-order valence-corrected chi connectivity index (χ1v) is 7.34. The Kier molecular flexibility index (Phi) is 4.50. The SMILES string of the molecule is CC(C)(C)OC(=O)N1CCCC1CNC1CC=CC1. The summed E-state index contributed by atoms with van der Waals surface area (Å²) in [4.78, 5) is 14.0. The fourth-order valence-electron chi connectivity index (χ4n) is 2.70. The van der Waals surface area contributed by atoms with E-state index in [-0.39, 0.29) is 12.1 Å². The Balaban J connectivity index is 1.80. The summed E-state index contributed by atoms with van der Waals surface area (Å²) in [6, 6.07) is 0.844. The lowest BCUT2D eigenvalue weighted by Gasteiger charge is -2.29. The number of rotatable bonds is 3. The highest BCUT2D eigenvalue weighted by Gasteiger charge is 2.32. The molecule has 0 spiro atoms. The molecule has 1 saturated heterocycles. The molecule has 108 valence electrons. The van der Waals surface area contributed by atoms with Crippen LogP contribution >= 0.6 is 0 Å². The summed E-state index contributed by atoms with van der Waals surface area (Å²) in [6.07, 6.45) is 8.65. The molecule has 2 rings (SSSR count). The van der Waals surface area contributed by atoms with Crippen LogP contribution in [0.3, 0.4) is 0 Å². The molecule has 1 fully saturated rings. The number of carbonyl (C=O) groups excluding carboxylic acids is 1. The summed E-state index contributed by atoms with van der Waals surface area (Å²) in [5.74, 6) is 0. The maximum atomic E-state index is 12.1. The van der Waals surface area contributed by atoms with E-state index in [1.165, 1.54) is 0 Å². The number of likely N-dealkylation sites (tertiary alicyclic amines) is 1. The number of nitrogens with zero attached hydrogens (tertiary/aromatic N) is 1. The van der Waals surface area contributed by atoms with Gasteiger partial charge in [0.15, 0.2) is 0 Å². The lowest BCUT2D eigenvalue weighted by atomic mass is 10.2. The molecule has 1 aliphatic heterocycles. The van der Waals surface area contributed by atoms with Crippen molar-refractivity contribution >= 4 is 6.09 Å². The van der Waals surface area contributed by atoms with Gasteiger partial charge in [-0.3, -0.25) is 0 Å². The first-order chi connectivity index (χ1) is 8.96. The van der Waals surface area contributed by atoms with E-state index < -0.39 is 5.60 Å². The average molecular weight is 266 g/mol. The van der Waals surface area contributed by atoms with Gasteiger partial charge in [-0.05, 0) is 46.5 Å². The molecule has 1 N–H and O–H groups in total. The van der Waals surface area contributed by atoms with Gasteiger partial charge < -0.3 is 15.0 Å². The molecule has 0 saturated carbocycles. The predicted octanol–water partition coefficient (Wildman–Crippen LogP) is 2.69. The predicted molar refractivity (Wildman–Crippen MR) is 76.1 cm³/mol. The first-order valence-electron chi connectivity index (χ1n) is 7.34. The highest BCUT2D eigenvalue weighted by atomic mass is 16.6. The van der Waals surface area contributed by atoms with Crippen LogP contribution in [0.1, 0.15) is 46.5 Å². The second kappa shape index (κ2) is 5.95. The average Bonchev–Trinajstić information content (AvgIpc) is 2.95. The van der Waals surface area contributed by atoms with Crippen LogP contribution in [0.2, 0.25) is 0 Å². The lowest BCUT2D eigenvalue weighted by Crippen LogP contribution is -2.45. The van der Waals surface area contributed by atoms with E-state index in [4.69, 9.17) is 4.74 Å². The number of hydrogen-bond acceptors (Lipinski definition) is 3. The summed E-state index contributed by atoms with van der Waals surface area (Å²) in [7, 11) is 0. The Labute approximate surface area is 116 Å². The van der Waals surface area contributed by atoms with Gasteiger partial charge in [-0.1, -0.05) is 12.2 Å². The van der Waals surface area contributed by atoms with Gasteiger partial charge in [0.05, 0.1) is 0 Å². The van der Waals surface area contributed by atoms with Gasteiger partial charge in [0, 0.05) is 25.2 Å². The van der Waals surface area contributed by atoms with Gasteiger partial charge in [-0.2, -0.15) is 0 Å². The van der Waals surface area contributed by atoms with Crippen molar-refractivity contribution in [3.63, 3.8) is 0 Å². The monoisotopic (exact) mass is 266 g/mol. The van der Waals surface area contributed by atoms with Crippen molar-refractivity contribution in [1.29, 1.82) is 0 Å². The smallest absolute Gasteiger partial charge is 0.410 e. The van der Waals surface area contributed by atoms with Gasteiger partial charge in [0.2, 0.25) is 0 Å². The zero-order valence-corrected chi connectivity index (χ0v) is 12.3. The largest absolute Gasteiger partial charge is 0.444 e. The minimum absolute atomic E-state index is 0.165. The molecule has 2 aliphatic rings. The highest BCUT2D eigenvalue weighted by Crippen LogP contribution is 2.21. The fourth-order valence-corrected chi connectivity index (χ4v) is 2.70. The number of carbonyl (C=O) groups is 1. The molecule has 19 heavy (non-hydrogen) atoms. The first kappa shape index (κ1) is 14.4.